The van der Waals surface area contributed by atoms with E-state index in [0.29, 0.717) is 16.2 Å². The van der Waals surface area contributed by atoms with E-state index in [2.05, 4.69) is 47.6 Å². The first kappa shape index (κ1) is 22.9. The molecule has 8 atom stereocenters. The van der Waals surface area contributed by atoms with Gasteiger partial charge in [0.2, 0.25) is 0 Å². The smallest absolute Gasteiger partial charge is 0.0147 e. The van der Waals surface area contributed by atoms with E-state index < -0.39 is 0 Å². The third-order valence-corrected chi connectivity index (χ3v) is 12.1. The normalized spacial score (nSPS) is 49.5. The van der Waals surface area contributed by atoms with E-state index in [1.165, 1.54) is 64.2 Å². The van der Waals surface area contributed by atoms with E-state index in [1.807, 2.05) is 0 Å². The minimum absolute atomic E-state index is 0.589. The van der Waals surface area contributed by atoms with Crippen molar-refractivity contribution in [2.75, 3.05) is 0 Å². The van der Waals surface area contributed by atoms with Gasteiger partial charge in [0.05, 0.1) is 0 Å². The van der Waals surface area contributed by atoms with Gasteiger partial charge in [0.25, 0.3) is 0 Å². The lowest BCUT2D eigenvalue weighted by Crippen LogP contribution is -2.54. The fourth-order valence-corrected chi connectivity index (χ4v) is 9.76. The summed E-state index contributed by atoms with van der Waals surface area (Å²) in [6.45, 7) is 15.1. The largest absolute Gasteiger partial charge is 0.0882 e. The third kappa shape index (κ3) is 3.55. The second-order valence-corrected chi connectivity index (χ2v) is 12.7. The fourth-order valence-electron chi connectivity index (χ4n) is 9.76. The summed E-state index contributed by atoms with van der Waals surface area (Å²) in [6.07, 6.45) is 23.3. The highest BCUT2D eigenvalue weighted by atomic mass is 14.6. The average molecular weight is 413 g/mol. The molecule has 4 fully saturated rings. The lowest BCUT2D eigenvalue weighted by molar-refractivity contribution is -0.119. The first-order chi connectivity index (χ1) is 14.4. The SMILES string of the molecule is C/C=C(\CC)[C@H]1CCC[C@H]2[C@@H]3CC[C@]4(CC)CC[C@@](C)(CC)CC[C@@H]4[C@H]3CC[C@]12C. The quantitative estimate of drug-likeness (QED) is 0.403. The van der Waals surface area contributed by atoms with Gasteiger partial charge in [0, 0.05) is 0 Å². The molecule has 4 aliphatic carbocycles. The van der Waals surface area contributed by atoms with Crippen LogP contribution in [-0.2, 0) is 0 Å². The molecule has 0 aromatic carbocycles. The van der Waals surface area contributed by atoms with Crippen LogP contribution in [0.2, 0.25) is 0 Å². The molecule has 0 heteroatoms. The zero-order valence-corrected chi connectivity index (χ0v) is 21.4. The maximum absolute atomic E-state index is 2.74. The van der Waals surface area contributed by atoms with Crippen LogP contribution in [0.15, 0.2) is 11.6 Å². The molecule has 0 amide bonds. The fraction of sp³-hybridized carbons (Fsp3) is 0.933. The zero-order valence-electron chi connectivity index (χ0n) is 21.4. The van der Waals surface area contributed by atoms with Crippen LogP contribution >= 0.6 is 0 Å². The van der Waals surface area contributed by atoms with Crippen LogP contribution < -0.4 is 0 Å². The Morgan fingerprint density at radius 1 is 0.767 bits per heavy atom. The van der Waals surface area contributed by atoms with Crippen LogP contribution in [0.4, 0.5) is 0 Å². The van der Waals surface area contributed by atoms with Crippen molar-refractivity contribution in [3.8, 4) is 0 Å². The lowest BCUT2D eigenvalue weighted by atomic mass is 9.43. The molecule has 0 radical (unpaired) electrons. The summed E-state index contributed by atoms with van der Waals surface area (Å²) in [5.74, 6) is 5.00. The maximum atomic E-state index is 2.74. The Hall–Kier alpha value is -0.260. The molecule has 0 saturated heterocycles. The van der Waals surface area contributed by atoms with Crippen molar-refractivity contribution in [1.82, 2.24) is 0 Å². The molecule has 0 aromatic rings. The monoisotopic (exact) mass is 412 g/mol. The number of rotatable bonds is 4. The summed E-state index contributed by atoms with van der Waals surface area (Å²) in [4.78, 5) is 0. The molecule has 4 rings (SSSR count). The highest BCUT2D eigenvalue weighted by molar-refractivity contribution is 5.16. The van der Waals surface area contributed by atoms with Crippen molar-refractivity contribution in [2.45, 2.75) is 131 Å². The van der Waals surface area contributed by atoms with Crippen molar-refractivity contribution in [3.05, 3.63) is 11.6 Å². The Kier molecular flexibility index (Phi) is 6.56. The highest BCUT2D eigenvalue weighted by Crippen LogP contribution is 2.67. The molecule has 0 aliphatic heterocycles. The van der Waals surface area contributed by atoms with E-state index in [1.54, 1.807) is 31.3 Å². The maximum Gasteiger partial charge on any atom is -0.0147 e. The standard InChI is InChI=1S/C30H52/c1-7-22(8-2)25-12-11-13-26-23-15-19-30(10-4)21-20-28(5,9-3)17-16-27(30)24(23)14-18-29(25,26)6/h7,23-27H,8-21H2,1-6H3/b22-7+/t23-,24+,25-,26+,27-,28+,29-,30-/m1/s1. The summed E-state index contributed by atoms with van der Waals surface area (Å²) in [6, 6.07) is 0. The average Bonchev–Trinajstić information content (AvgIpc) is 2.92. The van der Waals surface area contributed by atoms with Crippen LogP contribution in [0.25, 0.3) is 0 Å². The predicted octanol–water partition coefficient (Wildman–Crippen LogP) is 9.59. The number of hydrogen-bond donors (Lipinski definition) is 0. The van der Waals surface area contributed by atoms with Gasteiger partial charge in [0.15, 0.2) is 0 Å². The van der Waals surface area contributed by atoms with Crippen molar-refractivity contribution in [3.63, 3.8) is 0 Å². The number of hydrogen-bond acceptors (Lipinski definition) is 0. The van der Waals surface area contributed by atoms with Gasteiger partial charge in [-0.1, -0.05) is 65.5 Å². The van der Waals surface area contributed by atoms with E-state index in [4.69, 9.17) is 0 Å². The summed E-state index contributed by atoms with van der Waals surface area (Å²) >= 11 is 0. The number of allylic oxidation sites excluding steroid dienone is 2. The molecule has 172 valence electrons. The van der Waals surface area contributed by atoms with Crippen LogP contribution in [0.3, 0.4) is 0 Å². The zero-order chi connectivity index (χ0) is 21.6. The molecule has 0 aromatic heterocycles. The second kappa shape index (κ2) is 8.59. The van der Waals surface area contributed by atoms with E-state index in [0.717, 1.165) is 29.6 Å². The molecule has 0 nitrogen and oxygen atoms in total. The summed E-state index contributed by atoms with van der Waals surface area (Å²) < 4.78 is 0. The molecule has 4 saturated carbocycles. The molecule has 0 N–H and O–H groups in total. The summed E-state index contributed by atoms with van der Waals surface area (Å²) in [7, 11) is 0. The van der Waals surface area contributed by atoms with Crippen molar-refractivity contribution in [2.24, 2.45) is 45.8 Å². The molecular formula is C30H52. The van der Waals surface area contributed by atoms with Crippen molar-refractivity contribution in [1.29, 1.82) is 0 Å². The van der Waals surface area contributed by atoms with Gasteiger partial charge >= 0.3 is 0 Å². The van der Waals surface area contributed by atoms with Crippen LogP contribution in [0.5, 0.6) is 0 Å². The summed E-state index contributed by atoms with van der Waals surface area (Å²) in [5.41, 5.74) is 3.68. The molecule has 0 heterocycles. The minimum Gasteiger partial charge on any atom is -0.0882 e. The predicted molar refractivity (Wildman–Crippen MR) is 132 cm³/mol. The Morgan fingerprint density at radius 3 is 2.17 bits per heavy atom. The van der Waals surface area contributed by atoms with E-state index in [9.17, 15) is 0 Å². The van der Waals surface area contributed by atoms with Crippen LogP contribution in [0, 0.1) is 45.8 Å². The Labute approximate surface area is 189 Å². The molecule has 0 unspecified atom stereocenters. The summed E-state index contributed by atoms with van der Waals surface area (Å²) in [5, 5.41) is 0. The first-order valence-corrected chi connectivity index (χ1v) is 14.0. The van der Waals surface area contributed by atoms with Gasteiger partial charge in [-0.25, -0.2) is 0 Å². The van der Waals surface area contributed by atoms with Gasteiger partial charge in [-0.15, -0.1) is 0 Å². The topological polar surface area (TPSA) is 0 Å². The van der Waals surface area contributed by atoms with Crippen LogP contribution in [0.1, 0.15) is 131 Å². The molecular weight excluding hydrogens is 360 g/mol. The van der Waals surface area contributed by atoms with Gasteiger partial charge < -0.3 is 0 Å². The number of fused-ring (bicyclic) bond motifs is 5. The Morgan fingerprint density at radius 2 is 1.50 bits per heavy atom. The van der Waals surface area contributed by atoms with Gasteiger partial charge in [-0.2, -0.15) is 0 Å². The Balaban J connectivity index is 1.62. The van der Waals surface area contributed by atoms with Crippen molar-refractivity contribution >= 4 is 0 Å². The van der Waals surface area contributed by atoms with Crippen LogP contribution in [-0.4, -0.2) is 0 Å². The Bertz CT molecular complexity index is 630. The molecule has 30 heavy (non-hydrogen) atoms. The molecule has 4 aliphatic rings. The first-order valence-electron chi connectivity index (χ1n) is 14.0. The molecule has 0 bridgehead atoms. The molecule has 0 spiro atoms. The highest BCUT2D eigenvalue weighted by Gasteiger charge is 2.58. The second-order valence-electron chi connectivity index (χ2n) is 12.7. The van der Waals surface area contributed by atoms with Gasteiger partial charge in [-0.3, -0.25) is 0 Å². The van der Waals surface area contributed by atoms with E-state index >= 15 is 0 Å². The van der Waals surface area contributed by atoms with Crippen molar-refractivity contribution < 1.29 is 0 Å². The van der Waals surface area contributed by atoms with Gasteiger partial charge in [-0.05, 0) is 123 Å². The third-order valence-electron chi connectivity index (χ3n) is 12.1. The van der Waals surface area contributed by atoms with Gasteiger partial charge in [0.1, 0.15) is 0 Å². The minimum atomic E-state index is 0.589. The lowest BCUT2D eigenvalue weighted by Gasteiger charge is -2.62. The van der Waals surface area contributed by atoms with E-state index in [-0.39, 0.29) is 0 Å².